The minimum absolute atomic E-state index is 0.775. The molecule has 0 unspecified atom stereocenters. The Hall–Kier alpha value is -1.66. The first-order chi connectivity index (χ1) is 9.22. The predicted octanol–water partition coefficient (Wildman–Crippen LogP) is 2.22. The molecule has 0 aliphatic carbocycles. The zero-order chi connectivity index (χ0) is 13.7. The van der Waals surface area contributed by atoms with Crippen molar-refractivity contribution in [3.63, 3.8) is 0 Å². The fraction of sp³-hybridized carbons (Fsp3) is 0.385. The highest BCUT2D eigenvalue weighted by Crippen LogP contribution is 2.21. The Labute approximate surface area is 117 Å². The van der Waals surface area contributed by atoms with Crippen LogP contribution in [0.25, 0.3) is 0 Å². The van der Waals surface area contributed by atoms with Crippen molar-refractivity contribution in [1.82, 2.24) is 15.1 Å². The van der Waals surface area contributed by atoms with E-state index in [1.54, 1.807) is 18.4 Å². The molecule has 0 aliphatic rings. The topological polar surface area (TPSA) is 50.3 Å². The van der Waals surface area contributed by atoms with Crippen LogP contribution in [0.5, 0.6) is 5.75 Å². The highest BCUT2D eigenvalue weighted by Gasteiger charge is 2.09. The molecule has 1 aromatic heterocycles. The molecule has 19 heavy (non-hydrogen) atoms. The van der Waals surface area contributed by atoms with Gasteiger partial charge in [-0.1, -0.05) is 29.5 Å². The van der Waals surface area contributed by atoms with Gasteiger partial charge in [-0.3, -0.25) is 4.90 Å². The lowest BCUT2D eigenvalue weighted by atomic mass is 10.2. The van der Waals surface area contributed by atoms with Crippen LogP contribution in [0.2, 0.25) is 0 Å². The van der Waals surface area contributed by atoms with Crippen molar-refractivity contribution >= 4 is 16.5 Å². The second-order valence-electron chi connectivity index (χ2n) is 4.24. The highest BCUT2D eigenvalue weighted by atomic mass is 32.1. The van der Waals surface area contributed by atoms with Crippen molar-refractivity contribution < 1.29 is 4.74 Å². The lowest BCUT2D eigenvalue weighted by molar-refractivity contribution is 0.309. The van der Waals surface area contributed by atoms with Gasteiger partial charge < -0.3 is 10.1 Å². The van der Waals surface area contributed by atoms with Crippen LogP contribution in [-0.4, -0.2) is 36.3 Å². The van der Waals surface area contributed by atoms with Gasteiger partial charge in [-0.25, -0.2) is 0 Å². The number of nitrogens with zero attached hydrogens (tertiary/aromatic N) is 3. The smallest absolute Gasteiger partial charge is 0.205 e. The van der Waals surface area contributed by atoms with Gasteiger partial charge in [0, 0.05) is 19.2 Å². The van der Waals surface area contributed by atoms with E-state index in [4.69, 9.17) is 4.74 Å². The highest BCUT2D eigenvalue weighted by molar-refractivity contribution is 7.15. The van der Waals surface area contributed by atoms with Crippen molar-refractivity contribution in [1.29, 1.82) is 0 Å². The molecule has 1 N–H and O–H groups in total. The van der Waals surface area contributed by atoms with Crippen LogP contribution in [0.1, 0.15) is 10.6 Å². The largest absolute Gasteiger partial charge is 0.496 e. The summed E-state index contributed by atoms with van der Waals surface area (Å²) in [7, 11) is 5.61. The fourth-order valence-electron chi connectivity index (χ4n) is 1.83. The second-order valence-corrected chi connectivity index (χ2v) is 5.30. The minimum Gasteiger partial charge on any atom is -0.496 e. The van der Waals surface area contributed by atoms with Crippen LogP contribution in [-0.2, 0) is 13.1 Å². The van der Waals surface area contributed by atoms with Gasteiger partial charge in [0.25, 0.3) is 0 Å². The number of rotatable bonds is 6. The Morgan fingerprint density at radius 1 is 1.26 bits per heavy atom. The Morgan fingerprint density at radius 2 is 2.05 bits per heavy atom. The number of methoxy groups -OCH3 is 1. The molecule has 0 spiro atoms. The molecule has 1 aromatic carbocycles. The van der Waals surface area contributed by atoms with Gasteiger partial charge in [-0.15, -0.1) is 10.2 Å². The summed E-state index contributed by atoms with van der Waals surface area (Å²) in [5.74, 6) is 0.919. The number of nitrogens with one attached hydrogen (secondary N) is 1. The second kappa shape index (κ2) is 6.49. The number of para-hydroxylation sites is 1. The van der Waals surface area contributed by atoms with Gasteiger partial charge in [0.15, 0.2) is 0 Å². The molecule has 0 saturated carbocycles. The molecule has 1 heterocycles. The summed E-state index contributed by atoms with van der Waals surface area (Å²) < 4.78 is 5.36. The number of ether oxygens (including phenoxy) is 1. The van der Waals surface area contributed by atoms with Gasteiger partial charge in [-0.2, -0.15) is 0 Å². The SMILES string of the molecule is CNc1nnc(CN(C)Cc2ccccc2OC)s1. The van der Waals surface area contributed by atoms with Gasteiger partial charge in [-0.05, 0) is 13.1 Å². The Balaban J connectivity index is 1.98. The average molecular weight is 278 g/mol. The maximum atomic E-state index is 5.36. The number of anilines is 1. The van der Waals surface area contributed by atoms with Gasteiger partial charge in [0.1, 0.15) is 10.8 Å². The first kappa shape index (κ1) is 13.8. The summed E-state index contributed by atoms with van der Waals surface area (Å²) in [6, 6.07) is 8.06. The van der Waals surface area contributed by atoms with Crippen LogP contribution < -0.4 is 10.1 Å². The van der Waals surface area contributed by atoms with Crippen molar-refractivity contribution in [2.24, 2.45) is 0 Å². The lowest BCUT2D eigenvalue weighted by Crippen LogP contribution is -2.17. The quantitative estimate of drug-likeness (QED) is 0.878. The molecule has 2 aromatic rings. The number of benzene rings is 1. The van der Waals surface area contributed by atoms with Gasteiger partial charge >= 0.3 is 0 Å². The van der Waals surface area contributed by atoms with Crippen molar-refractivity contribution in [3.8, 4) is 5.75 Å². The van der Waals surface area contributed by atoms with E-state index < -0.39 is 0 Å². The first-order valence-electron chi connectivity index (χ1n) is 6.03. The zero-order valence-corrected chi connectivity index (χ0v) is 12.2. The molecule has 2 rings (SSSR count). The van der Waals surface area contributed by atoms with Crippen molar-refractivity contribution in [2.45, 2.75) is 13.1 Å². The average Bonchev–Trinajstić information content (AvgIpc) is 2.87. The summed E-state index contributed by atoms with van der Waals surface area (Å²) in [6.45, 7) is 1.59. The predicted molar refractivity (Wildman–Crippen MR) is 77.6 cm³/mol. The summed E-state index contributed by atoms with van der Waals surface area (Å²) in [5, 5.41) is 13.0. The van der Waals surface area contributed by atoms with E-state index in [0.29, 0.717) is 0 Å². The van der Waals surface area contributed by atoms with Crippen LogP contribution in [0.3, 0.4) is 0 Å². The normalized spacial score (nSPS) is 10.7. The van der Waals surface area contributed by atoms with E-state index in [1.807, 2.05) is 25.2 Å². The van der Waals surface area contributed by atoms with E-state index in [0.717, 1.165) is 29.0 Å². The monoisotopic (exact) mass is 278 g/mol. The Bertz CT molecular complexity index is 529. The number of hydrogen-bond donors (Lipinski definition) is 1. The first-order valence-corrected chi connectivity index (χ1v) is 6.85. The van der Waals surface area contributed by atoms with Crippen LogP contribution in [0, 0.1) is 0 Å². The summed E-state index contributed by atoms with van der Waals surface area (Å²) in [5.41, 5.74) is 1.17. The van der Waals surface area contributed by atoms with Gasteiger partial charge in [0.2, 0.25) is 5.13 Å². The van der Waals surface area contributed by atoms with E-state index in [2.05, 4.69) is 33.5 Å². The maximum absolute atomic E-state index is 5.36. The lowest BCUT2D eigenvalue weighted by Gasteiger charge is -2.16. The molecule has 0 amide bonds. The third-order valence-corrected chi connectivity index (χ3v) is 3.64. The fourth-order valence-corrected chi connectivity index (χ4v) is 2.60. The molecule has 0 radical (unpaired) electrons. The molecule has 0 saturated heterocycles. The Kier molecular flexibility index (Phi) is 4.70. The van der Waals surface area contributed by atoms with Crippen molar-refractivity contribution in [2.75, 3.05) is 26.5 Å². The summed E-state index contributed by atoms with van der Waals surface area (Å²) in [4.78, 5) is 2.19. The molecule has 0 bridgehead atoms. The molecule has 102 valence electrons. The van der Waals surface area contributed by atoms with E-state index >= 15 is 0 Å². The van der Waals surface area contributed by atoms with Gasteiger partial charge in [0.05, 0.1) is 13.7 Å². The van der Waals surface area contributed by atoms with E-state index in [1.165, 1.54) is 5.56 Å². The number of aromatic nitrogens is 2. The van der Waals surface area contributed by atoms with E-state index in [9.17, 15) is 0 Å². The summed E-state index contributed by atoms with van der Waals surface area (Å²) >= 11 is 1.58. The van der Waals surface area contributed by atoms with Crippen molar-refractivity contribution in [3.05, 3.63) is 34.8 Å². The third-order valence-electron chi connectivity index (χ3n) is 2.72. The van der Waals surface area contributed by atoms with E-state index in [-0.39, 0.29) is 0 Å². The minimum atomic E-state index is 0.775. The standard InChI is InChI=1S/C13H18N4OS/c1-14-13-16-15-12(19-13)9-17(2)8-10-6-4-5-7-11(10)18-3/h4-7H,8-9H2,1-3H3,(H,14,16). The third kappa shape index (κ3) is 3.65. The molecular weight excluding hydrogens is 260 g/mol. The molecule has 6 heteroatoms. The molecule has 5 nitrogen and oxygen atoms in total. The van der Waals surface area contributed by atoms with Crippen LogP contribution >= 0.6 is 11.3 Å². The molecule has 0 aliphatic heterocycles. The molecule has 0 atom stereocenters. The van der Waals surface area contributed by atoms with Crippen LogP contribution in [0.4, 0.5) is 5.13 Å². The molecular formula is C13H18N4OS. The molecule has 0 fully saturated rings. The number of hydrogen-bond acceptors (Lipinski definition) is 6. The Morgan fingerprint density at radius 3 is 2.74 bits per heavy atom. The zero-order valence-electron chi connectivity index (χ0n) is 11.4. The maximum Gasteiger partial charge on any atom is 0.205 e. The summed E-state index contributed by atoms with van der Waals surface area (Å²) in [6.07, 6.45) is 0. The van der Waals surface area contributed by atoms with Crippen LogP contribution in [0.15, 0.2) is 24.3 Å².